The van der Waals surface area contributed by atoms with E-state index in [1.54, 1.807) is 4.68 Å². The van der Waals surface area contributed by atoms with E-state index in [0.29, 0.717) is 38.5 Å². The number of aromatic nitrogens is 3. The van der Waals surface area contributed by atoms with Crippen LogP contribution in [0.15, 0.2) is 0 Å². The van der Waals surface area contributed by atoms with E-state index in [4.69, 9.17) is 4.74 Å². The zero-order valence-corrected chi connectivity index (χ0v) is 15.9. The largest absolute Gasteiger partial charge is 0.378 e. The van der Waals surface area contributed by atoms with Crippen LogP contribution >= 0.6 is 0 Å². The van der Waals surface area contributed by atoms with E-state index in [9.17, 15) is 13.2 Å². The summed E-state index contributed by atoms with van der Waals surface area (Å²) in [7, 11) is -3.34. The minimum absolute atomic E-state index is 0.0933. The molecule has 2 heterocycles. The van der Waals surface area contributed by atoms with Crippen LogP contribution in [-0.4, -0.2) is 71.5 Å². The Hall–Kier alpha value is -1.52. The number of carbonyl (C=O) groups is 1. The van der Waals surface area contributed by atoms with Crippen LogP contribution in [0.25, 0.3) is 0 Å². The first-order valence-electron chi connectivity index (χ1n) is 8.55. The van der Waals surface area contributed by atoms with Gasteiger partial charge in [-0.15, -0.1) is 0 Å². The van der Waals surface area contributed by atoms with Gasteiger partial charge in [0, 0.05) is 19.5 Å². The molecule has 1 fully saturated rings. The van der Waals surface area contributed by atoms with Gasteiger partial charge in [0.25, 0.3) is 0 Å². The summed E-state index contributed by atoms with van der Waals surface area (Å²) >= 11 is 0. The Morgan fingerprint density at radius 3 is 2.80 bits per heavy atom. The van der Waals surface area contributed by atoms with E-state index < -0.39 is 16.1 Å². The van der Waals surface area contributed by atoms with Crippen LogP contribution in [0.1, 0.15) is 31.4 Å². The fraction of sp³-hybridized carbons (Fsp3) is 0.800. The molecular weight excluding hydrogens is 346 g/mol. The van der Waals surface area contributed by atoms with Crippen molar-refractivity contribution >= 4 is 15.9 Å². The molecule has 142 valence electrons. The Morgan fingerprint density at radius 1 is 1.40 bits per heavy atom. The van der Waals surface area contributed by atoms with Gasteiger partial charge in [-0.05, 0) is 20.3 Å². The van der Waals surface area contributed by atoms with Crippen LogP contribution in [0.3, 0.4) is 0 Å². The molecule has 1 amide bonds. The topological polar surface area (TPSA) is 106 Å². The number of morpholine rings is 1. The van der Waals surface area contributed by atoms with Gasteiger partial charge in [0.05, 0.1) is 31.6 Å². The number of hydrogen-bond acceptors (Lipinski definition) is 6. The van der Waals surface area contributed by atoms with E-state index in [1.165, 1.54) is 4.31 Å². The molecule has 0 spiro atoms. The molecule has 1 saturated heterocycles. The van der Waals surface area contributed by atoms with E-state index in [2.05, 4.69) is 15.4 Å². The maximum Gasteiger partial charge on any atom is 0.221 e. The molecule has 0 aliphatic carbocycles. The minimum Gasteiger partial charge on any atom is -0.378 e. The van der Waals surface area contributed by atoms with E-state index >= 15 is 0 Å². The molecule has 10 heteroatoms. The second-order valence-electron chi connectivity index (χ2n) is 6.14. The molecule has 1 aliphatic heterocycles. The van der Waals surface area contributed by atoms with Gasteiger partial charge in [-0.1, -0.05) is 6.92 Å². The summed E-state index contributed by atoms with van der Waals surface area (Å²) in [4.78, 5) is 16.4. The second-order valence-corrected chi connectivity index (χ2v) is 8.18. The van der Waals surface area contributed by atoms with Gasteiger partial charge in [-0.2, -0.15) is 9.40 Å². The Morgan fingerprint density at radius 2 is 2.16 bits per heavy atom. The summed E-state index contributed by atoms with van der Waals surface area (Å²) in [5.41, 5.74) is 0. The molecule has 9 nitrogen and oxygen atoms in total. The number of aryl methyl sites for hydroxylation is 2. The smallest absolute Gasteiger partial charge is 0.221 e. The molecule has 1 atom stereocenters. The normalized spacial score (nSPS) is 19.1. The highest BCUT2D eigenvalue weighted by Gasteiger charge is 2.33. The monoisotopic (exact) mass is 373 g/mol. The van der Waals surface area contributed by atoms with Gasteiger partial charge in [-0.3, -0.25) is 4.79 Å². The number of rotatable bonds is 8. The number of sulfonamides is 1. The molecule has 0 bridgehead atoms. The molecule has 1 N–H and O–H groups in total. The number of ether oxygens (including phenoxy) is 1. The maximum atomic E-state index is 12.3. The third kappa shape index (κ3) is 5.48. The van der Waals surface area contributed by atoms with Crippen LogP contribution in [0.4, 0.5) is 0 Å². The van der Waals surface area contributed by atoms with E-state index in [0.717, 1.165) is 5.82 Å². The molecular formula is C15H27N5O4S. The molecule has 1 aromatic heterocycles. The average Bonchev–Trinajstić information content (AvgIpc) is 2.85. The van der Waals surface area contributed by atoms with Crippen LogP contribution < -0.4 is 5.32 Å². The van der Waals surface area contributed by atoms with Crippen molar-refractivity contribution in [2.45, 2.75) is 46.2 Å². The average molecular weight is 373 g/mol. The summed E-state index contributed by atoms with van der Waals surface area (Å²) in [6.45, 7) is 7.36. The zero-order chi connectivity index (χ0) is 18.4. The molecule has 0 radical (unpaired) electrons. The lowest BCUT2D eigenvalue weighted by Crippen LogP contribution is -2.51. The van der Waals surface area contributed by atoms with Crippen LogP contribution in [0.5, 0.6) is 0 Å². The fourth-order valence-electron chi connectivity index (χ4n) is 2.90. The molecule has 1 aliphatic rings. The van der Waals surface area contributed by atoms with Crippen molar-refractivity contribution in [1.29, 1.82) is 0 Å². The van der Waals surface area contributed by atoms with Gasteiger partial charge in [0.15, 0.2) is 0 Å². The van der Waals surface area contributed by atoms with E-state index in [-0.39, 0.29) is 24.7 Å². The summed E-state index contributed by atoms with van der Waals surface area (Å²) < 4.78 is 33.2. The molecule has 1 aromatic rings. The first-order valence-corrected chi connectivity index (χ1v) is 10.2. The van der Waals surface area contributed by atoms with Gasteiger partial charge in [0.1, 0.15) is 11.6 Å². The maximum absolute atomic E-state index is 12.3. The Balaban J connectivity index is 1.86. The fourth-order valence-corrected chi connectivity index (χ4v) is 4.60. The predicted octanol–water partition coefficient (Wildman–Crippen LogP) is -0.158. The van der Waals surface area contributed by atoms with Crippen molar-refractivity contribution < 1.29 is 17.9 Å². The summed E-state index contributed by atoms with van der Waals surface area (Å²) in [6, 6.07) is -0.444. The highest BCUT2D eigenvalue weighted by Crippen LogP contribution is 2.16. The number of amides is 1. The Labute approximate surface area is 148 Å². The van der Waals surface area contributed by atoms with Crippen molar-refractivity contribution in [3.05, 3.63) is 11.6 Å². The Bertz CT molecular complexity index is 688. The number of nitrogens with one attached hydrogen (secondary N) is 1. The third-order valence-corrected chi connectivity index (χ3v) is 6.14. The van der Waals surface area contributed by atoms with Gasteiger partial charge in [-0.25, -0.2) is 18.1 Å². The summed E-state index contributed by atoms with van der Waals surface area (Å²) in [5, 5.41) is 7.05. The number of carbonyl (C=O) groups excluding carboxylic acids is 1. The first kappa shape index (κ1) is 19.8. The van der Waals surface area contributed by atoms with E-state index in [1.807, 2.05) is 20.8 Å². The van der Waals surface area contributed by atoms with Crippen LogP contribution in [0, 0.1) is 13.8 Å². The third-order valence-electron chi connectivity index (χ3n) is 4.02. The van der Waals surface area contributed by atoms with Crippen molar-refractivity contribution in [1.82, 2.24) is 24.4 Å². The quantitative estimate of drug-likeness (QED) is 0.679. The van der Waals surface area contributed by atoms with Crippen molar-refractivity contribution in [2.24, 2.45) is 0 Å². The lowest BCUT2D eigenvalue weighted by atomic mass is 10.2. The molecule has 25 heavy (non-hydrogen) atoms. The van der Waals surface area contributed by atoms with Crippen molar-refractivity contribution in [2.75, 3.05) is 32.1 Å². The highest BCUT2D eigenvalue weighted by molar-refractivity contribution is 7.89. The van der Waals surface area contributed by atoms with Gasteiger partial charge in [0.2, 0.25) is 15.9 Å². The lowest BCUT2D eigenvalue weighted by Gasteiger charge is -2.34. The van der Waals surface area contributed by atoms with Crippen molar-refractivity contribution in [3.63, 3.8) is 0 Å². The van der Waals surface area contributed by atoms with Crippen LogP contribution in [-0.2, 0) is 26.1 Å². The molecule has 0 unspecified atom stereocenters. The lowest BCUT2D eigenvalue weighted by molar-refractivity contribution is -0.123. The predicted molar refractivity (Wildman–Crippen MR) is 92.5 cm³/mol. The summed E-state index contributed by atoms with van der Waals surface area (Å²) in [6.07, 6.45) is 0.646. The molecule has 2 rings (SSSR count). The van der Waals surface area contributed by atoms with Gasteiger partial charge >= 0.3 is 0 Å². The second kappa shape index (κ2) is 8.72. The summed E-state index contributed by atoms with van der Waals surface area (Å²) in [5.74, 6) is 1.39. The zero-order valence-electron chi connectivity index (χ0n) is 15.1. The SMILES string of the molecule is CCCS(=O)(=O)N1CCOC[C@H]1CC(=O)NCCn1nc(C)nc1C. The Kier molecular flexibility index (Phi) is 6.91. The van der Waals surface area contributed by atoms with Gasteiger partial charge < -0.3 is 10.1 Å². The minimum atomic E-state index is -3.34. The molecule has 0 saturated carbocycles. The van der Waals surface area contributed by atoms with Crippen molar-refractivity contribution in [3.8, 4) is 0 Å². The highest BCUT2D eigenvalue weighted by atomic mass is 32.2. The first-order chi connectivity index (χ1) is 11.8. The standard InChI is InChI=1S/C15H27N5O4S/c1-4-9-25(22,23)20-7-8-24-11-14(20)10-15(21)16-5-6-19-13(3)17-12(2)18-19/h14H,4-11H2,1-3H3,(H,16,21)/t14-/m1/s1. The van der Waals surface area contributed by atoms with Crippen LogP contribution in [0.2, 0.25) is 0 Å². The number of hydrogen-bond donors (Lipinski definition) is 1. The number of nitrogens with zero attached hydrogens (tertiary/aromatic N) is 4. The molecule has 0 aromatic carbocycles.